The van der Waals surface area contributed by atoms with E-state index in [1.807, 2.05) is 91.0 Å². The van der Waals surface area contributed by atoms with Crippen LogP contribution in [-0.2, 0) is 47.5 Å². The number of benzene rings is 3. The molecule has 3 aromatic carbocycles. The number of hydrogen-bond acceptors (Lipinski definition) is 6. The first-order chi connectivity index (χ1) is 16.8. The van der Waals surface area contributed by atoms with Crippen molar-refractivity contribution < 1.29 is 32.8 Å². The van der Waals surface area contributed by atoms with E-state index >= 15 is 0 Å². The van der Waals surface area contributed by atoms with Gasteiger partial charge in [-0.05, 0) is 16.7 Å². The normalized spacial score (nSPS) is 12.9. The third-order valence-electron chi connectivity index (χ3n) is 5.25. The molecule has 3 aromatic rings. The lowest BCUT2D eigenvalue weighted by atomic mass is 9.87. The van der Waals surface area contributed by atoms with Crippen LogP contribution < -0.4 is 0 Å². The number of carboxylic acid groups (broad SMARTS) is 1. The highest BCUT2D eigenvalue weighted by Crippen LogP contribution is 2.52. The molecule has 0 aliphatic carbocycles. The molecule has 0 amide bonds. The first-order valence-corrected chi connectivity index (χ1v) is 12.7. The zero-order valence-corrected chi connectivity index (χ0v) is 20.8. The molecule has 0 saturated carbocycles. The monoisotopic (exact) mass is 498 g/mol. The molecule has 1 N–H and O–H groups in total. The van der Waals surface area contributed by atoms with Crippen molar-refractivity contribution in [1.29, 1.82) is 0 Å². The molecule has 35 heavy (non-hydrogen) atoms. The summed E-state index contributed by atoms with van der Waals surface area (Å²) in [5, 5.41) is 9.81. The summed E-state index contributed by atoms with van der Waals surface area (Å²) in [6, 6.07) is 27.8. The Kier molecular flexibility index (Phi) is 9.78. The minimum Gasteiger partial charge on any atom is -0.479 e. The highest BCUT2D eigenvalue weighted by molar-refractivity contribution is 7.48. The summed E-state index contributed by atoms with van der Waals surface area (Å²) in [5.41, 5.74) is 1.41. The smallest absolute Gasteiger partial charge is 0.475 e. The molecular formula is C27H31O7P. The molecule has 1 unspecified atom stereocenters. The fraction of sp³-hybridized carbons (Fsp3) is 0.296. The SMILES string of the molecule is CC(C)(COP(=O)(OCc1ccccc1)OCc1ccccc1)C(OCc1ccccc1)C(=O)O. The summed E-state index contributed by atoms with van der Waals surface area (Å²) in [4.78, 5) is 12.0. The Morgan fingerprint density at radius 1 is 0.743 bits per heavy atom. The molecule has 1 atom stereocenters. The van der Waals surface area contributed by atoms with Gasteiger partial charge in [0, 0.05) is 5.41 Å². The van der Waals surface area contributed by atoms with Crippen LogP contribution in [-0.4, -0.2) is 23.8 Å². The molecule has 0 saturated heterocycles. The van der Waals surface area contributed by atoms with E-state index in [1.54, 1.807) is 13.8 Å². The van der Waals surface area contributed by atoms with Crippen LogP contribution in [0, 0.1) is 5.41 Å². The van der Waals surface area contributed by atoms with Gasteiger partial charge in [0.15, 0.2) is 6.10 Å². The third kappa shape index (κ3) is 8.73. The van der Waals surface area contributed by atoms with E-state index in [4.69, 9.17) is 18.3 Å². The van der Waals surface area contributed by atoms with Gasteiger partial charge in [0.1, 0.15) is 0 Å². The van der Waals surface area contributed by atoms with Crippen molar-refractivity contribution in [3.05, 3.63) is 108 Å². The predicted molar refractivity (Wildman–Crippen MR) is 132 cm³/mol. The molecule has 3 rings (SSSR count). The number of rotatable bonds is 14. The summed E-state index contributed by atoms with van der Waals surface area (Å²) in [5.74, 6) is -1.14. The number of carboxylic acids is 1. The van der Waals surface area contributed by atoms with Crippen LogP contribution in [0.1, 0.15) is 30.5 Å². The van der Waals surface area contributed by atoms with Crippen molar-refractivity contribution >= 4 is 13.8 Å². The second-order valence-corrected chi connectivity index (χ2v) is 10.4. The van der Waals surface area contributed by atoms with E-state index in [-0.39, 0.29) is 26.4 Å². The molecule has 0 aliphatic rings. The first-order valence-electron chi connectivity index (χ1n) is 11.3. The summed E-state index contributed by atoms with van der Waals surface area (Å²) in [6.07, 6.45) is -1.21. The van der Waals surface area contributed by atoms with Crippen molar-refractivity contribution in [3.63, 3.8) is 0 Å². The summed E-state index contributed by atoms with van der Waals surface area (Å²) < 4.78 is 36.2. The molecule has 0 aliphatic heterocycles. The molecule has 0 radical (unpaired) electrons. The maximum atomic E-state index is 13.5. The fourth-order valence-electron chi connectivity index (χ4n) is 3.27. The second kappa shape index (κ2) is 12.8. The van der Waals surface area contributed by atoms with Gasteiger partial charge in [-0.1, -0.05) is 105 Å². The topological polar surface area (TPSA) is 91.3 Å². The van der Waals surface area contributed by atoms with Gasteiger partial charge < -0.3 is 9.84 Å². The Hall–Kier alpha value is -2.80. The Balaban J connectivity index is 1.68. The summed E-state index contributed by atoms with van der Waals surface area (Å²) >= 11 is 0. The van der Waals surface area contributed by atoms with E-state index in [1.165, 1.54) is 0 Å². The molecule has 8 heteroatoms. The summed E-state index contributed by atoms with van der Waals surface area (Å²) in [6.45, 7) is 3.28. The van der Waals surface area contributed by atoms with Gasteiger partial charge in [0.25, 0.3) is 0 Å². The lowest BCUT2D eigenvalue weighted by Gasteiger charge is -2.32. The van der Waals surface area contributed by atoms with Crippen LogP contribution in [0.5, 0.6) is 0 Å². The molecule has 186 valence electrons. The van der Waals surface area contributed by atoms with Crippen LogP contribution in [0.15, 0.2) is 91.0 Å². The standard InChI is InChI=1S/C27H31O7P/c1-27(2,25(26(28)29)31-18-22-12-6-3-7-13-22)21-34-35(30,32-19-23-14-8-4-9-15-23)33-20-24-16-10-5-11-17-24/h3-17,25H,18-21H2,1-2H3,(H,28,29). The van der Waals surface area contributed by atoms with E-state index in [9.17, 15) is 14.5 Å². The molecule has 0 aromatic heterocycles. The zero-order valence-electron chi connectivity index (χ0n) is 19.9. The highest BCUT2D eigenvalue weighted by atomic mass is 31.2. The number of phosphoric ester groups is 1. The van der Waals surface area contributed by atoms with Crippen LogP contribution in [0.25, 0.3) is 0 Å². The minimum atomic E-state index is -4.04. The Morgan fingerprint density at radius 2 is 1.14 bits per heavy atom. The molecule has 0 bridgehead atoms. The van der Waals surface area contributed by atoms with Crippen LogP contribution in [0.2, 0.25) is 0 Å². The zero-order chi connectivity index (χ0) is 25.2. The van der Waals surface area contributed by atoms with Crippen molar-refractivity contribution in [2.75, 3.05) is 6.61 Å². The first kappa shape index (κ1) is 26.8. The lowest BCUT2D eigenvalue weighted by molar-refractivity contribution is -0.162. The van der Waals surface area contributed by atoms with Crippen molar-refractivity contribution in [2.45, 2.75) is 39.8 Å². The minimum absolute atomic E-state index is 0.0141. The van der Waals surface area contributed by atoms with Gasteiger partial charge >= 0.3 is 13.8 Å². The average Bonchev–Trinajstić information content (AvgIpc) is 2.87. The van der Waals surface area contributed by atoms with Gasteiger partial charge in [-0.2, -0.15) is 0 Å². The van der Waals surface area contributed by atoms with Crippen LogP contribution >= 0.6 is 7.82 Å². The Bertz CT molecular complexity index is 1040. The Morgan fingerprint density at radius 3 is 1.54 bits per heavy atom. The number of aliphatic carboxylic acids is 1. The summed E-state index contributed by atoms with van der Waals surface area (Å²) in [7, 11) is -4.04. The van der Waals surface area contributed by atoms with Crippen LogP contribution in [0.3, 0.4) is 0 Å². The maximum Gasteiger partial charge on any atom is 0.475 e. The van der Waals surface area contributed by atoms with Crippen molar-refractivity contribution in [2.24, 2.45) is 5.41 Å². The lowest BCUT2D eigenvalue weighted by Crippen LogP contribution is -2.41. The van der Waals surface area contributed by atoms with Crippen molar-refractivity contribution in [1.82, 2.24) is 0 Å². The quantitative estimate of drug-likeness (QED) is 0.263. The van der Waals surface area contributed by atoms with Gasteiger partial charge in [-0.3, -0.25) is 13.6 Å². The van der Waals surface area contributed by atoms with Crippen molar-refractivity contribution in [3.8, 4) is 0 Å². The molecule has 0 spiro atoms. The molecular weight excluding hydrogens is 467 g/mol. The number of ether oxygens (including phenoxy) is 1. The number of phosphoric acid groups is 1. The maximum absolute atomic E-state index is 13.5. The van der Waals surface area contributed by atoms with Gasteiger partial charge in [0.2, 0.25) is 0 Å². The molecule has 0 heterocycles. The van der Waals surface area contributed by atoms with Gasteiger partial charge in [-0.15, -0.1) is 0 Å². The van der Waals surface area contributed by atoms with Crippen LogP contribution in [0.4, 0.5) is 0 Å². The van der Waals surface area contributed by atoms with Gasteiger partial charge in [0.05, 0.1) is 26.4 Å². The van der Waals surface area contributed by atoms with E-state index in [2.05, 4.69) is 0 Å². The number of hydrogen-bond donors (Lipinski definition) is 1. The molecule has 7 nitrogen and oxygen atoms in total. The van der Waals surface area contributed by atoms with E-state index in [0.717, 1.165) is 16.7 Å². The Labute approximate surface area is 206 Å². The van der Waals surface area contributed by atoms with E-state index < -0.39 is 25.3 Å². The largest absolute Gasteiger partial charge is 0.479 e. The number of carbonyl (C=O) groups is 1. The second-order valence-electron chi connectivity index (χ2n) is 8.74. The molecule has 0 fully saturated rings. The average molecular weight is 499 g/mol. The third-order valence-corrected chi connectivity index (χ3v) is 6.59. The highest BCUT2D eigenvalue weighted by Gasteiger charge is 2.40. The van der Waals surface area contributed by atoms with E-state index in [0.29, 0.717) is 0 Å². The predicted octanol–water partition coefficient (Wildman–Crippen LogP) is 6.24. The van der Waals surface area contributed by atoms with Gasteiger partial charge in [-0.25, -0.2) is 9.36 Å². The fourth-order valence-corrected chi connectivity index (χ4v) is 4.60.